The Morgan fingerprint density at radius 2 is 2.00 bits per heavy atom. The van der Waals surface area contributed by atoms with Crippen LogP contribution in [0.25, 0.3) is 0 Å². The van der Waals surface area contributed by atoms with Crippen LogP contribution in [0.15, 0.2) is 18.5 Å². The Balaban J connectivity index is 2.75. The molecule has 0 aliphatic rings. The molecule has 15 heavy (non-hydrogen) atoms. The molecule has 0 aromatic carbocycles. The van der Waals surface area contributed by atoms with Gasteiger partial charge in [-0.05, 0) is 11.6 Å². The molecule has 0 amide bonds. The first-order valence-corrected chi connectivity index (χ1v) is 4.64. The molecule has 84 valence electrons. The lowest BCUT2D eigenvalue weighted by molar-refractivity contribution is -0.137. The summed E-state index contributed by atoms with van der Waals surface area (Å²) in [5.41, 5.74) is -0.163. The van der Waals surface area contributed by atoms with Gasteiger partial charge in [0.1, 0.15) is 0 Å². The van der Waals surface area contributed by atoms with Crippen molar-refractivity contribution in [2.24, 2.45) is 0 Å². The lowest BCUT2D eigenvalue weighted by Crippen LogP contribution is -2.22. The van der Waals surface area contributed by atoms with Crippen molar-refractivity contribution in [3.8, 4) is 0 Å². The van der Waals surface area contributed by atoms with E-state index < -0.39 is 11.7 Å². The molecule has 0 saturated carbocycles. The summed E-state index contributed by atoms with van der Waals surface area (Å²) in [5, 5.41) is 3.03. The minimum absolute atomic E-state index is 0.236. The molecule has 1 aromatic heterocycles. The van der Waals surface area contributed by atoms with Gasteiger partial charge in [-0.15, -0.1) is 0 Å². The first kappa shape index (κ1) is 12.0. The molecule has 0 saturated heterocycles. The minimum atomic E-state index is -4.32. The monoisotopic (exact) mass is 218 g/mol. The molecule has 0 atom stereocenters. The van der Waals surface area contributed by atoms with Crippen LogP contribution in [0.1, 0.15) is 25.0 Å². The van der Waals surface area contributed by atoms with Crippen LogP contribution < -0.4 is 5.32 Å². The van der Waals surface area contributed by atoms with Crippen LogP contribution in [0.2, 0.25) is 0 Å². The molecule has 0 fully saturated rings. The normalized spacial score (nSPS) is 12.1. The zero-order valence-electron chi connectivity index (χ0n) is 8.60. The molecule has 0 bridgehead atoms. The topological polar surface area (TPSA) is 24.9 Å². The van der Waals surface area contributed by atoms with Crippen LogP contribution in [0.3, 0.4) is 0 Å². The Morgan fingerprint density at radius 1 is 1.33 bits per heavy atom. The molecule has 0 radical (unpaired) electrons. The minimum Gasteiger partial charge on any atom is -0.310 e. The predicted molar refractivity (Wildman–Crippen MR) is 51.2 cm³/mol. The van der Waals surface area contributed by atoms with E-state index in [1.54, 1.807) is 0 Å². The van der Waals surface area contributed by atoms with E-state index in [2.05, 4.69) is 10.3 Å². The zero-order chi connectivity index (χ0) is 11.5. The average molecular weight is 218 g/mol. The Hall–Kier alpha value is -1.10. The number of nitrogens with one attached hydrogen (secondary N) is 1. The summed E-state index contributed by atoms with van der Waals surface area (Å²) in [5.74, 6) is 0. The Labute approximate surface area is 86.5 Å². The predicted octanol–water partition coefficient (Wildman–Crippen LogP) is 2.60. The van der Waals surface area contributed by atoms with Gasteiger partial charge in [0.05, 0.1) is 5.56 Å². The lowest BCUT2D eigenvalue weighted by Gasteiger charge is -2.10. The van der Waals surface area contributed by atoms with Crippen molar-refractivity contribution in [3.05, 3.63) is 29.6 Å². The largest absolute Gasteiger partial charge is 0.417 e. The molecule has 2 nitrogen and oxygen atoms in total. The fourth-order valence-electron chi connectivity index (χ4n) is 1.06. The van der Waals surface area contributed by atoms with E-state index in [4.69, 9.17) is 0 Å². The highest BCUT2D eigenvalue weighted by Crippen LogP contribution is 2.28. The van der Waals surface area contributed by atoms with Crippen LogP contribution >= 0.6 is 0 Å². The second-order valence-electron chi connectivity index (χ2n) is 3.62. The summed E-state index contributed by atoms with van der Waals surface area (Å²) in [6, 6.07) is 1.35. The van der Waals surface area contributed by atoms with Crippen LogP contribution in [0.5, 0.6) is 0 Å². The highest BCUT2D eigenvalue weighted by atomic mass is 19.4. The van der Waals surface area contributed by atoms with Crippen molar-refractivity contribution in [2.45, 2.75) is 32.6 Å². The molecule has 5 heteroatoms. The SMILES string of the molecule is CC(C)NCc1cncc(C(F)(F)F)c1. The number of aromatic nitrogens is 1. The Kier molecular flexibility index (Phi) is 3.68. The maximum absolute atomic E-state index is 12.3. The van der Waals surface area contributed by atoms with Crippen molar-refractivity contribution < 1.29 is 13.2 Å². The van der Waals surface area contributed by atoms with Crippen molar-refractivity contribution in [3.63, 3.8) is 0 Å². The molecule has 1 heterocycles. The van der Waals surface area contributed by atoms with Gasteiger partial charge >= 0.3 is 6.18 Å². The standard InChI is InChI=1S/C10H13F3N2/c1-7(2)15-5-8-3-9(6-14-4-8)10(11,12)13/h3-4,6-7,15H,5H2,1-2H3. The van der Waals surface area contributed by atoms with E-state index in [1.165, 1.54) is 6.20 Å². The quantitative estimate of drug-likeness (QED) is 0.843. The average Bonchev–Trinajstić information content (AvgIpc) is 2.14. The Bertz CT molecular complexity index is 321. The lowest BCUT2D eigenvalue weighted by atomic mass is 10.2. The first-order valence-electron chi connectivity index (χ1n) is 4.64. The number of halogens is 3. The van der Waals surface area contributed by atoms with Gasteiger partial charge < -0.3 is 5.32 Å². The van der Waals surface area contributed by atoms with Gasteiger partial charge in [-0.25, -0.2) is 0 Å². The third-order valence-electron chi connectivity index (χ3n) is 1.84. The third-order valence-corrected chi connectivity index (χ3v) is 1.84. The molecule has 1 N–H and O–H groups in total. The summed E-state index contributed by atoms with van der Waals surface area (Å²) in [7, 11) is 0. The summed E-state index contributed by atoms with van der Waals surface area (Å²) < 4.78 is 36.9. The molecule has 1 aromatic rings. The summed E-state index contributed by atoms with van der Waals surface area (Å²) in [6.07, 6.45) is -2.05. The first-order chi connectivity index (χ1) is 6.89. The van der Waals surface area contributed by atoms with Crippen LogP contribution in [-0.4, -0.2) is 11.0 Å². The van der Waals surface area contributed by atoms with E-state index >= 15 is 0 Å². The van der Waals surface area contributed by atoms with Gasteiger partial charge in [-0.2, -0.15) is 13.2 Å². The molecule has 0 spiro atoms. The number of alkyl halides is 3. The number of hydrogen-bond acceptors (Lipinski definition) is 2. The van der Waals surface area contributed by atoms with Crippen LogP contribution in [-0.2, 0) is 12.7 Å². The molecule has 0 aliphatic carbocycles. The van der Waals surface area contributed by atoms with Gasteiger partial charge in [-0.1, -0.05) is 13.8 Å². The van der Waals surface area contributed by atoms with Gasteiger partial charge in [-0.3, -0.25) is 4.98 Å². The van der Waals surface area contributed by atoms with Crippen LogP contribution in [0.4, 0.5) is 13.2 Å². The highest BCUT2D eigenvalue weighted by Gasteiger charge is 2.30. The van der Waals surface area contributed by atoms with Crippen LogP contribution in [0, 0.1) is 0 Å². The maximum atomic E-state index is 12.3. The van der Waals surface area contributed by atoms with Gasteiger partial charge in [0.15, 0.2) is 0 Å². The third kappa shape index (κ3) is 3.87. The van der Waals surface area contributed by atoms with Crippen molar-refractivity contribution in [1.29, 1.82) is 0 Å². The number of hydrogen-bond donors (Lipinski definition) is 1. The van der Waals surface area contributed by atoms with E-state index in [1.807, 2.05) is 13.8 Å². The maximum Gasteiger partial charge on any atom is 0.417 e. The Morgan fingerprint density at radius 3 is 2.53 bits per heavy atom. The molecule has 0 unspecified atom stereocenters. The van der Waals surface area contributed by atoms with Gasteiger partial charge in [0.25, 0.3) is 0 Å². The van der Waals surface area contributed by atoms with Gasteiger partial charge in [0.2, 0.25) is 0 Å². The fraction of sp³-hybridized carbons (Fsp3) is 0.500. The zero-order valence-corrected chi connectivity index (χ0v) is 8.60. The highest BCUT2D eigenvalue weighted by molar-refractivity contribution is 5.20. The fourth-order valence-corrected chi connectivity index (χ4v) is 1.06. The van der Waals surface area contributed by atoms with E-state index in [-0.39, 0.29) is 6.04 Å². The molecule has 0 aliphatic heterocycles. The summed E-state index contributed by atoms with van der Waals surface area (Å²) >= 11 is 0. The smallest absolute Gasteiger partial charge is 0.310 e. The number of rotatable bonds is 3. The van der Waals surface area contributed by atoms with Crippen molar-refractivity contribution in [1.82, 2.24) is 10.3 Å². The number of nitrogens with zero attached hydrogens (tertiary/aromatic N) is 1. The molecular weight excluding hydrogens is 205 g/mol. The van der Waals surface area contributed by atoms with E-state index in [0.29, 0.717) is 12.1 Å². The van der Waals surface area contributed by atoms with Crippen molar-refractivity contribution in [2.75, 3.05) is 0 Å². The molecular formula is C10H13F3N2. The summed E-state index contributed by atoms with van der Waals surface area (Å²) in [4.78, 5) is 3.57. The second-order valence-corrected chi connectivity index (χ2v) is 3.62. The molecule has 1 rings (SSSR count). The van der Waals surface area contributed by atoms with Gasteiger partial charge in [0, 0.05) is 25.0 Å². The van der Waals surface area contributed by atoms with Crippen molar-refractivity contribution >= 4 is 0 Å². The summed E-state index contributed by atoms with van der Waals surface area (Å²) in [6.45, 7) is 4.26. The van der Waals surface area contributed by atoms with E-state index in [0.717, 1.165) is 12.3 Å². The second kappa shape index (κ2) is 4.61. The number of pyridine rings is 1. The van der Waals surface area contributed by atoms with E-state index in [9.17, 15) is 13.2 Å².